The Bertz CT molecular complexity index is 395. The van der Waals surface area contributed by atoms with Gasteiger partial charge in [-0.15, -0.1) is 0 Å². The molecule has 1 aliphatic rings. The van der Waals surface area contributed by atoms with Crippen LogP contribution < -0.4 is 10.6 Å². The molecule has 0 radical (unpaired) electrons. The third-order valence-electron chi connectivity index (χ3n) is 3.35. The summed E-state index contributed by atoms with van der Waals surface area (Å²) in [5, 5.41) is 10.7. The lowest BCUT2D eigenvalue weighted by atomic mass is 10.0. The maximum atomic E-state index is 5.74. The molecule has 19 heavy (non-hydrogen) atoms. The molecule has 1 aromatic heterocycles. The topological polar surface area (TPSA) is 63.5 Å². The molecule has 1 fully saturated rings. The molecule has 0 amide bonds. The number of hydrogen-bond donors (Lipinski definition) is 2. The molecule has 0 bridgehead atoms. The summed E-state index contributed by atoms with van der Waals surface area (Å²) in [6, 6.07) is 1.92. The van der Waals surface area contributed by atoms with E-state index < -0.39 is 0 Å². The van der Waals surface area contributed by atoms with E-state index in [4.69, 9.17) is 4.74 Å². The first-order chi connectivity index (χ1) is 9.22. The highest BCUT2D eigenvalue weighted by Gasteiger charge is 2.29. The van der Waals surface area contributed by atoms with E-state index in [2.05, 4.69) is 27.6 Å². The Kier molecular flexibility index (Phi) is 4.79. The highest BCUT2D eigenvalue weighted by Crippen LogP contribution is 2.23. The molecule has 2 N–H and O–H groups in total. The van der Waals surface area contributed by atoms with Crippen molar-refractivity contribution >= 4 is 5.96 Å². The zero-order valence-corrected chi connectivity index (χ0v) is 11.7. The third-order valence-corrected chi connectivity index (χ3v) is 3.35. The number of rotatable bonds is 5. The molecule has 1 aromatic rings. The molecule has 6 nitrogen and oxygen atoms in total. The summed E-state index contributed by atoms with van der Waals surface area (Å²) in [6.07, 6.45) is 5.98. The molecule has 0 saturated carbocycles. The molecule has 6 heteroatoms. The summed E-state index contributed by atoms with van der Waals surface area (Å²) in [5.41, 5.74) is -0.0559. The fraction of sp³-hybridized carbons (Fsp3) is 0.692. The number of aliphatic imine (C=N–C) groups is 1. The first-order valence-corrected chi connectivity index (χ1v) is 6.78. The molecule has 1 unspecified atom stereocenters. The number of guanidine groups is 1. The Morgan fingerprint density at radius 3 is 3.05 bits per heavy atom. The third kappa shape index (κ3) is 4.24. The van der Waals surface area contributed by atoms with Crippen molar-refractivity contribution in [2.45, 2.75) is 31.9 Å². The Labute approximate surface area is 114 Å². The number of ether oxygens (including phenoxy) is 1. The van der Waals surface area contributed by atoms with Crippen LogP contribution in [-0.2, 0) is 11.3 Å². The fourth-order valence-electron chi connectivity index (χ4n) is 2.19. The Morgan fingerprint density at radius 1 is 1.53 bits per heavy atom. The van der Waals surface area contributed by atoms with Crippen molar-refractivity contribution in [3.63, 3.8) is 0 Å². The van der Waals surface area contributed by atoms with Crippen molar-refractivity contribution in [2.75, 3.05) is 26.7 Å². The van der Waals surface area contributed by atoms with Crippen LogP contribution in [0.15, 0.2) is 23.5 Å². The van der Waals surface area contributed by atoms with Gasteiger partial charge < -0.3 is 15.4 Å². The van der Waals surface area contributed by atoms with Crippen LogP contribution in [0.4, 0.5) is 0 Å². The van der Waals surface area contributed by atoms with Crippen LogP contribution in [0.3, 0.4) is 0 Å². The minimum atomic E-state index is -0.0559. The monoisotopic (exact) mass is 265 g/mol. The number of hydrogen-bond acceptors (Lipinski definition) is 3. The first-order valence-electron chi connectivity index (χ1n) is 6.78. The first kappa shape index (κ1) is 13.9. The van der Waals surface area contributed by atoms with Gasteiger partial charge in [-0.1, -0.05) is 0 Å². The maximum Gasteiger partial charge on any atom is 0.191 e. The lowest BCUT2D eigenvalue weighted by Gasteiger charge is -2.24. The summed E-state index contributed by atoms with van der Waals surface area (Å²) in [5.74, 6) is 0.809. The van der Waals surface area contributed by atoms with Crippen LogP contribution in [-0.4, -0.2) is 48.1 Å². The Balaban J connectivity index is 1.68. The molecule has 0 aromatic carbocycles. The maximum absolute atomic E-state index is 5.74. The van der Waals surface area contributed by atoms with E-state index in [1.807, 2.05) is 16.9 Å². The van der Waals surface area contributed by atoms with Gasteiger partial charge in [0.05, 0.1) is 12.1 Å². The smallest absolute Gasteiger partial charge is 0.191 e. The van der Waals surface area contributed by atoms with E-state index in [0.29, 0.717) is 0 Å². The molecule has 0 spiro atoms. The van der Waals surface area contributed by atoms with E-state index in [1.54, 1.807) is 13.2 Å². The van der Waals surface area contributed by atoms with Gasteiger partial charge in [-0.25, -0.2) is 0 Å². The van der Waals surface area contributed by atoms with Crippen molar-refractivity contribution < 1.29 is 4.74 Å². The van der Waals surface area contributed by atoms with Gasteiger partial charge in [0.15, 0.2) is 5.96 Å². The second-order valence-corrected chi connectivity index (χ2v) is 5.02. The minimum Gasteiger partial charge on any atom is -0.373 e. The van der Waals surface area contributed by atoms with Crippen molar-refractivity contribution in [1.29, 1.82) is 0 Å². The van der Waals surface area contributed by atoms with E-state index in [0.717, 1.165) is 45.0 Å². The largest absolute Gasteiger partial charge is 0.373 e. The van der Waals surface area contributed by atoms with Gasteiger partial charge in [-0.2, -0.15) is 5.10 Å². The number of nitrogens with one attached hydrogen (secondary N) is 2. The number of nitrogens with zero attached hydrogens (tertiary/aromatic N) is 3. The molecule has 2 rings (SSSR count). The summed E-state index contributed by atoms with van der Waals surface area (Å²) in [4.78, 5) is 4.21. The molecule has 2 heterocycles. The highest BCUT2D eigenvalue weighted by molar-refractivity contribution is 5.79. The van der Waals surface area contributed by atoms with E-state index in [9.17, 15) is 0 Å². The second-order valence-electron chi connectivity index (χ2n) is 5.02. The van der Waals surface area contributed by atoms with Gasteiger partial charge >= 0.3 is 0 Å². The van der Waals surface area contributed by atoms with Crippen molar-refractivity contribution in [3.05, 3.63) is 18.5 Å². The van der Waals surface area contributed by atoms with Crippen LogP contribution in [0.25, 0.3) is 0 Å². The average Bonchev–Trinajstić information content (AvgIpc) is 3.06. The fourth-order valence-corrected chi connectivity index (χ4v) is 2.19. The normalized spacial score (nSPS) is 23.6. The van der Waals surface area contributed by atoms with Gasteiger partial charge in [0, 0.05) is 39.1 Å². The molecular formula is C13H23N5O. The summed E-state index contributed by atoms with van der Waals surface area (Å²) < 4.78 is 7.63. The quantitative estimate of drug-likeness (QED) is 0.605. The molecule has 1 atom stereocenters. The Hall–Kier alpha value is -1.56. The zero-order valence-electron chi connectivity index (χ0n) is 11.7. The Morgan fingerprint density at radius 2 is 2.42 bits per heavy atom. The van der Waals surface area contributed by atoms with Gasteiger partial charge in [0.2, 0.25) is 0 Å². The van der Waals surface area contributed by atoms with Crippen LogP contribution in [0.2, 0.25) is 0 Å². The molecule has 0 aliphatic carbocycles. The van der Waals surface area contributed by atoms with Crippen LogP contribution in [0.1, 0.15) is 19.8 Å². The van der Waals surface area contributed by atoms with Crippen LogP contribution >= 0.6 is 0 Å². The summed E-state index contributed by atoms with van der Waals surface area (Å²) >= 11 is 0. The molecule has 1 saturated heterocycles. The van der Waals surface area contributed by atoms with Crippen LogP contribution in [0.5, 0.6) is 0 Å². The number of aromatic nitrogens is 2. The van der Waals surface area contributed by atoms with Gasteiger partial charge in [0.1, 0.15) is 0 Å². The second kappa shape index (κ2) is 6.56. The van der Waals surface area contributed by atoms with Crippen molar-refractivity contribution in [1.82, 2.24) is 20.4 Å². The van der Waals surface area contributed by atoms with Crippen molar-refractivity contribution in [2.24, 2.45) is 4.99 Å². The van der Waals surface area contributed by atoms with Gasteiger partial charge in [0.25, 0.3) is 0 Å². The van der Waals surface area contributed by atoms with Crippen LogP contribution in [0, 0.1) is 0 Å². The van der Waals surface area contributed by atoms with E-state index >= 15 is 0 Å². The molecule has 106 valence electrons. The van der Waals surface area contributed by atoms with E-state index in [1.165, 1.54) is 0 Å². The lowest BCUT2D eigenvalue weighted by Crippen LogP contribution is -2.46. The predicted octanol–water partition coefficient (Wildman–Crippen LogP) is 0.617. The van der Waals surface area contributed by atoms with Gasteiger partial charge in [-0.05, 0) is 25.8 Å². The summed E-state index contributed by atoms with van der Waals surface area (Å²) in [7, 11) is 1.78. The standard InChI is InChI=1S/C13H23N5O/c1-13(5-3-10-19-13)11-16-12(14-2)15-7-9-18-8-4-6-17-18/h4,6,8H,3,5,7,9-11H2,1-2H3,(H2,14,15,16). The summed E-state index contributed by atoms with van der Waals surface area (Å²) in [6.45, 7) is 5.41. The van der Waals surface area contributed by atoms with Crippen molar-refractivity contribution in [3.8, 4) is 0 Å². The highest BCUT2D eigenvalue weighted by atomic mass is 16.5. The van der Waals surface area contributed by atoms with Gasteiger partial charge in [-0.3, -0.25) is 9.67 Å². The van der Waals surface area contributed by atoms with E-state index in [-0.39, 0.29) is 5.60 Å². The lowest BCUT2D eigenvalue weighted by molar-refractivity contribution is 0.0243. The minimum absolute atomic E-state index is 0.0559. The zero-order chi connectivity index (χ0) is 13.6. The predicted molar refractivity (Wildman–Crippen MR) is 75.2 cm³/mol. The average molecular weight is 265 g/mol. The molecule has 1 aliphatic heterocycles. The molecular weight excluding hydrogens is 242 g/mol. The SMILES string of the molecule is CN=C(NCCn1cccn1)NCC1(C)CCCO1.